The second kappa shape index (κ2) is 9.37. The zero-order valence-electron chi connectivity index (χ0n) is 18.0. The van der Waals surface area contributed by atoms with Gasteiger partial charge in [0.2, 0.25) is 0 Å². The number of aliphatic hydroxyl groups excluding tert-OH is 1. The minimum Gasteiger partial charge on any atom is -0.507 e. The second-order valence-corrected chi connectivity index (χ2v) is 8.18. The van der Waals surface area contributed by atoms with Gasteiger partial charge in [-0.3, -0.25) is 14.5 Å². The van der Waals surface area contributed by atoms with Gasteiger partial charge in [-0.05, 0) is 29.8 Å². The van der Waals surface area contributed by atoms with Gasteiger partial charge in [0.15, 0.2) is 0 Å². The number of hydrogen-bond acceptors (Lipinski definition) is 5. The topological polar surface area (TPSA) is 76.1 Å². The van der Waals surface area contributed by atoms with E-state index >= 15 is 0 Å². The summed E-state index contributed by atoms with van der Waals surface area (Å²) in [5.41, 5.74) is 0.671. The molecule has 34 heavy (non-hydrogen) atoms. The fraction of sp³-hybridized carbons (Fsp3) is 0.120. The standard InChI is InChI=1S/C25H18Cl2FNO5/c1-33-19-12-17(27)20(34-2)11-15(19)23(30)21-22(13-6-4-3-5-7-13)29(25(32)24(21)31)14-8-9-18(28)16(26)10-14/h3-12,22,30H,1-2H3/b23-21+. The highest BCUT2D eigenvalue weighted by molar-refractivity contribution is 6.52. The molecule has 0 saturated carbocycles. The first kappa shape index (κ1) is 23.6. The van der Waals surface area contributed by atoms with E-state index in [0.29, 0.717) is 5.56 Å². The van der Waals surface area contributed by atoms with Crippen molar-refractivity contribution in [1.29, 1.82) is 0 Å². The number of carbonyl (C=O) groups is 2. The minimum absolute atomic E-state index is 0.111. The quantitative estimate of drug-likeness (QED) is 0.272. The molecule has 1 heterocycles. The fourth-order valence-corrected chi connectivity index (χ4v) is 4.28. The number of rotatable bonds is 5. The SMILES string of the molecule is COc1cc(/C(O)=C2\C(=O)C(=O)N(c3ccc(F)c(Cl)c3)C2c2ccccc2)c(OC)cc1Cl. The first-order valence-corrected chi connectivity index (χ1v) is 10.8. The number of amides is 1. The molecule has 1 aliphatic rings. The Hall–Kier alpha value is -3.55. The third-order valence-electron chi connectivity index (χ3n) is 5.47. The molecule has 4 rings (SSSR count). The smallest absolute Gasteiger partial charge is 0.300 e. The Morgan fingerprint density at radius 3 is 2.24 bits per heavy atom. The monoisotopic (exact) mass is 501 g/mol. The van der Waals surface area contributed by atoms with Gasteiger partial charge in [-0.2, -0.15) is 0 Å². The molecule has 174 valence electrons. The Labute approximate surface area is 204 Å². The number of benzene rings is 3. The van der Waals surface area contributed by atoms with Crippen molar-refractivity contribution in [2.75, 3.05) is 19.1 Å². The number of methoxy groups -OCH3 is 2. The lowest BCUT2D eigenvalue weighted by Gasteiger charge is -2.25. The second-order valence-electron chi connectivity index (χ2n) is 7.37. The number of nitrogens with zero attached hydrogens (tertiary/aromatic N) is 1. The van der Waals surface area contributed by atoms with Crippen LogP contribution in [0.25, 0.3) is 5.76 Å². The van der Waals surface area contributed by atoms with Gasteiger partial charge in [0, 0.05) is 11.8 Å². The summed E-state index contributed by atoms with van der Waals surface area (Å²) >= 11 is 12.1. The van der Waals surface area contributed by atoms with E-state index in [2.05, 4.69) is 0 Å². The number of carbonyl (C=O) groups excluding carboxylic acids is 2. The van der Waals surface area contributed by atoms with Crippen LogP contribution in [0, 0.1) is 5.82 Å². The van der Waals surface area contributed by atoms with Gasteiger partial charge in [0.1, 0.15) is 23.1 Å². The van der Waals surface area contributed by atoms with Crippen molar-refractivity contribution in [2.24, 2.45) is 0 Å². The fourth-order valence-electron chi connectivity index (χ4n) is 3.88. The molecule has 1 saturated heterocycles. The average molecular weight is 502 g/mol. The van der Waals surface area contributed by atoms with E-state index in [-0.39, 0.29) is 38.4 Å². The molecule has 0 radical (unpaired) electrons. The molecule has 0 aliphatic carbocycles. The summed E-state index contributed by atoms with van der Waals surface area (Å²) in [4.78, 5) is 27.6. The minimum atomic E-state index is -1.02. The predicted octanol–water partition coefficient (Wildman–Crippen LogP) is 5.78. The van der Waals surface area contributed by atoms with Crippen LogP contribution in [-0.4, -0.2) is 31.0 Å². The van der Waals surface area contributed by atoms with Gasteiger partial charge in [0.25, 0.3) is 11.7 Å². The third kappa shape index (κ3) is 3.97. The molecule has 1 fully saturated rings. The van der Waals surface area contributed by atoms with Crippen molar-refractivity contribution < 1.29 is 28.6 Å². The van der Waals surface area contributed by atoms with Crippen molar-refractivity contribution in [3.63, 3.8) is 0 Å². The van der Waals surface area contributed by atoms with Crippen LogP contribution in [0.4, 0.5) is 10.1 Å². The van der Waals surface area contributed by atoms with E-state index in [1.54, 1.807) is 30.3 Å². The van der Waals surface area contributed by atoms with Gasteiger partial charge in [-0.1, -0.05) is 53.5 Å². The number of aliphatic hydroxyl groups is 1. The first-order chi connectivity index (χ1) is 16.3. The van der Waals surface area contributed by atoms with Crippen LogP contribution in [-0.2, 0) is 9.59 Å². The number of Topliss-reactive ketones (excluding diaryl/α,β-unsaturated/α-hetero) is 1. The van der Waals surface area contributed by atoms with Gasteiger partial charge < -0.3 is 14.6 Å². The van der Waals surface area contributed by atoms with E-state index in [0.717, 1.165) is 6.07 Å². The van der Waals surface area contributed by atoms with Gasteiger partial charge in [-0.25, -0.2) is 4.39 Å². The summed E-state index contributed by atoms with van der Waals surface area (Å²) in [6.07, 6.45) is 0. The van der Waals surface area contributed by atoms with Gasteiger partial charge in [-0.15, -0.1) is 0 Å². The summed E-state index contributed by atoms with van der Waals surface area (Å²) in [5, 5.41) is 11.4. The molecular weight excluding hydrogens is 484 g/mol. The van der Waals surface area contributed by atoms with Crippen LogP contribution >= 0.6 is 23.2 Å². The third-order valence-corrected chi connectivity index (χ3v) is 6.06. The molecule has 0 bridgehead atoms. The number of ketones is 1. The van der Waals surface area contributed by atoms with Gasteiger partial charge >= 0.3 is 0 Å². The molecule has 0 aromatic heterocycles. The maximum Gasteiger partial charge on any atom is 0.300 e. The van der Waals surface area contributed by atoms with Crippen molar-refractivity contribution in [1.82, 2.24) is 0 Å². The van der Waals surface area contributed by atoms with Gasteiger partial charge in [0.05, 0.1) is 41.4 Å². The van der Waals surface area contributed by atoms with Crippen molar-refractivity contribution in [3.8, 4) is 11.5 Å². The number of halogens is 3. The Kier molecular flexibility index (Phi) is 6.50. The van der Waals surface area contributed by atoms with Crippen LogP contribution in [0.2, 0.25) is 10.0 Å². The van der Waals surface area contributed by atoms with E-state index in [1.165, 1.54) is 43.4 Å². The maximum absolute atomic E-state index is 13.8. The van der Waals surface area contributed by atoms with E-state index in [1.807, 2.05) is 0 Å². The van der Waals surface area contributed by atoms with Crippen LogP contribution < -0.4 is 14.4 Å². The van der Waals surface area contributed by atoms with Crippen LogP contribution in [0.3, 0.4) is 0 Å². The molecule has 1 atom stereocenters. The normalized spacial score (nSPS) is 17.2. The largest absolute Gasteiger partial charge is 0.507 e. The highest BCUT2D eigenvalue weighted by Gasteiger charge is 2.47. The van der Waals surface area contributed by atoms with Crippen molar-refractivity contribution >= 4 is 46.3 Å². The summed E-state index contributed by atoms with van der Waals surface area (Å²) in [6.45, 7) is 0. The Bertz CT molecular complexity index is 1330. The molecule has 0 spiro atoms. The van der Waals surface area contributed by atoms with E-state index in [9.17, 15) is 19.1 Å². The summed E-state index contributed by atoms with van der Waals surface area (Å²) in [6, 6.07) is 14.2. The molecule has 3 aromatic carbocycles. The van der Waals surface area contributed by atoms with Crippen LogP contribution in [0.15, 0.2) is 66.2 Å². The molecule has 6 nitrogen and oxygen atoms in total. The zero-order chi connectivity index (χ0) is 24.6. The lowest BCUT2D eigenvalue weighted by atomic mass is 9.94. The van der Waals surface area contributed by atoms with E-state index in [4.69, 9.17) is 32.7 Å². The summed E-state index contributed by atoms with van der Waals surface area (Å²) < 4.78 is 24.4. The average Bonchev–Trinajstić information content (AvgIpc) is 3.11. The first-order valence-electron chi connectivity index (χ1n) is 10.0. The highest BCUT2D eigenvalue weighted by atomic mass is 35.5. The molecule has 1 unspecified atom stereocenters. The number of hydrogen-bond donors (Lipinski definition) is 1. The number of anilines is 1. The van der Waals surface area contributed by atoms with Crippen LogP contribution in [0.1, 0.15) is 17.2 Å². The molecule has 9 heteroatoms. The maximum atomic E-state index is 13.8. The Balaban J connectivity index is 1.99. The number of ether oxygens (including phenoxy) is 2. The highest BCUT2D eigenvalue weighted by Crippen LogP contribution is 2.45. The van der Waals surface area contributed by atoms with E-state index < -0.39 is 29.3 Å². The molecular formula is C25H18Cl2FNO5. The molecule has 1 N–H and O–H groups in total. The Morgan fingerprint density at radius 2 is 1.62 bits per heavy atom. The van der Waals surface area contributed by atoms with Crippen molar-refractivity contribution in [2.45, 2.75) is 6.04 Å². The Morgan fingerprint density at radius 1 is 0.941 bits per heavy atom. The molecule has 1 aliphatic heterocycles. The zero-order valence-corrected chi connectivity index (χ0v) is 19.5. The lowest BCUT2D eigenvalue weighted by molar-refractivity contribution is -0.132. The molecule has 1 amide bonds. The summed E-state index contributed by atoms with van der Waals surface area (Å²) in [5.74, 6) is -2.57. The van der Waals surface area contributed by atoms with Crippen LogP contribution in [0.5, 0.6) is 11.5 Å². The van der Waals surface area contributed by atoms with Crippen molar-refractivity contribution in [3.05, 3.63) is 93.2 Å². The summed E-state index contributed by atoms with van der Waals surface area (Å²) in [7, 11) is 2.78. The lowest BCUT2D eigenvalue weighted by Crippen LogP contribution is -2.29. The molecule has 3 aromatic rings. The predicted molar refractivity (Wildman–Crippen MR) is 127 cm³/mol.